The van der Waals surface area contributed by atoms with Crippen molar-refractivity contribution in [2.45, 2.75) is 51.0 Å². The average Bonchev–Trinajstić information content (AvgIpc) is 3.20. The summed E-state index contributed by atoms with van der Waals surface area (Å²) in [6.45, 7) is 4.33. The van der Waals surface area contributed by atoms with Crippen LogP contribution in [-0.2, 0) is 24.2 Å². The molecule has 2 aromatic heterocycles. The largest absolute Gasteiger partial charge is 0.474 e. The smallest absolute Gasteiger partial charge is 0.216 e. The summed E-state index contributed by atoms with van der Waals surface area (Å²) in [4.78, 5) is 16.3. The summed E-state index contributed by atoms with van der Waals surface area (Å²) in [5.41, 5.74) is 2.72. The Kier molecular flexibility index (Phi) is 7.78. The van der Waals surface area contributed by atoms with Gasteiger partial charge in [0.15, 0.2) is 0 Å². The van der Waals surface area contributed by atoms with Crippen LogP contribution in [0.25, 0.3) is 11.0 Å². The summed E-state index contributed by atoms with van der Waals surface area (Å²) in [6, 6.07) is 12.9. The lowest BCUT2D eigenvalue weighted by Crippen LogP contribution is -2.39. The standard InChI is InChI=1S/C28H28ClFIN5O2/c29-19-2-1-18(23(30)14-19)13-26-32-9-5-28(34-26)38-21-6-10-35(11-7-21)17-27-33-24-15-20(31)3-4-25(24)36(27)16-22-8-12-37-22/h1-5,9,14-15,21-22H,6-8,10-13,16-17H2/t22-/m0/s1. The maximum atomic E-state index is 14.2. The number of benzene rings is 2. The Balaban J connectivity index is 1.07. The van der Waals surface area contributed by atoms with Crippen molar-refractivity contribution < 1.29 is 13.9 Å². The van der Waals surface area contributed by atoms with Gasteiger partial charge in [0.25, 0.3) is 0 Å². The molecule has 7 nitrogen and oxygen atoms in total. The van der Waals surface area contributed by atoms with Crippen molar-refractivity contribution >= 4 is 45.2 Å². The molecule has 2 aliphatic heterocycles. The normalized spacial score (nSPS) is 18.6. The van der Waals surface area contributed by atoms with Crippen LogP contribution >= 0.6 is 34.2 Å². The molecule has 4 heterocycles. The van der Waals surface area contributed by atoms with Crippen LogP contribution in [0.3, 0.4) is 0 Å². The van der Waals surface area contributed by atoms with Gasteiger partial charge in [0, 0.05) is 47.0 Å². The van der Waals surface area contributed by atoms with Gasteiger partial charge in [-0.25, -0.2) is 14.4 Å². The molecule has 0 aliphatic carbocycles. The predicted molar refractivity (Wildman–Crippen MR) is 152 cm³/mol. The maximum absolute atomic E-state index is 14.2. The highest BCUT2D eigenvalue weighted by molar-refractivity contribution is 14.1. The van der Waals surface area contributed by atoms with Crippen molar-refractivity contribution in [2.24, 2.45) is 0 Å². The second-order valence-corrected chi connectivity index (χ2v) is 11.6. The zero-order chi connectivity index (χ0) is 26.1. The lowest BCUT2D eigenvalue weighted by molar-refractivity contribution is -0.0592. The van der Waals surface area contributed by atoms with Gasteiger partial charge >= 0.3 is 0 Å². The molecule has 198 valence electrons. The second-order valence-electron chi connectivity index (χ2n) is 9.87. The first-order valence-corrected chi connectivity index (χ1v) is 14.4. The number of nitrogens with zero attached hydrogens (tertiary/aromatic N) is 5. The van der Waals surface area contributed by atoms with E-state index >= 15 is 0 Å². The third kappa shape index (κ3) is 5.95. The van der Waals surface area contributed by atoms with Gasteiger partial charge in [0.2, 0.25) is 5.88 Å². The van der Waals surface area contributed by atoms with Crippen molar-refractivity contribution in [1.82, 2.24) is 24.4 Å². The number of aromatic nitrogens is 4. The fourth-order valence-corrected chi connectivity index (χ4v) is 5.67. The quantitative estimate of drug-likeness (QED) is 0.231. The number of halogens is 3. The second kappa shape index (κ2) is 11.4. The van der Waals surface area contributed by atoms with Gasteiger partial charge in [-0.15, -0.1) is 0 Å². The van der Waals surface area contributed by atoms with Crippen LogP contribution in [0.1, 0.15) is 36.5 Å². The SMILES string of the molecule is Fc1cc(Cl)ccc1Cc1nccc(OC2CCN(Cc3nc4cc(I)ccc4n3C[C@@H]3CCO3)CC2)n1. The number of imidazole rings is 1. The Bertz CT molecular complexity index is 1440. The van der Waals surface area contributed by atoms with Crippen LogP contribution in [0.2, 0.25) is 5.02 Å². The van der Waals surface area contributed by atoms with E-state index in [1.54, 1.807) is 24.4 Å². The van der Waals surface area contributed by atoms with Crippen molar-refractivity contribution in [3.8, 4) is 5.88 Å². The zero-order valence-corrected chi connectivity index (χ0v) is 23.7. The van der Waals surface area contributed by atoms with Crippen LogP contribution in [0.15, 0.2) is 48.7 Å². The lowest BCUT2D eigenvalue weighted by Gasteiger charge is -2.32. The molecule has 0 saturated carbocycles. The van der Waals surface area contributed by atoms with Gasteiger partial charge in [-0.2, -0.15) is 4.98 Å². The van der Waals surface area contributed by atoms with Gasteiger partial charge in [0.05, 0.1) is 30.2 Å². The number of likely N-dealkylation sites (tertiary alicyclic amines) is 1. The molecule has 6 rings (SSSR count). The molecule has 0 N–H and O–H groups in total. The van der Waals surface area contributed by atoms with Crippen molar-refractivity contribution in [2.75, 3.05) is 19.7 Å². The van der Waals surface area contributed by atoms with Crippen LogP contribution in [0, 0.1) is 9.39 Å². The number of hydrogen-bond acceptors (Lipinski definition) is 6. The first-order chi connectivity index (χ1) is 18.5. The Hall–Kier alpha value is -2.34. The van der Waals surface area contributed by atoms with E-state index in [0.717, 1.165) is 63.4 Å². The van der Waals surface area contributed by atoms with E-state index in [1.807, 2.05) is 0 Å². The molecule has 0 spiro atoms. The van der Waals surface area contributed by atoms with Crippen molar-refractivity contribution in [3.63, 3.8) is 0 Å². The minimum absolute atomic E-state index is 0.0741. The fraction of sp³-hybridized carbons (Fsp3) is 0.393. The summed E-state index contributed by atoms with van der Waals surface area (Å²) < 4.78 is 29.7. The van der Waals surface area contributed by atoms with E-state index in [1.165, 1.54) is 15.2 Å². The summed E-state index contributed by atoms with van der Waals surface area (Å²) in [5, 5.41) is 0.370. The summed E-state index contributed by atoms with van der Waals surface area (Å²) in [5.74, 6) is 1.78. The monoisotopic (exact) mass is 647 g/mol. The lowest BCUT2D eigenvalue weighted by atomic mass is 10.1. The van der Waals surface area contributed by atoms with E-state index in [9.17, 15) is 4.39 Å². The van der Waals surface area contributed by atoms with Crippen LogP contribution < -0.4 is 4.74 Å². The average molecular weight is 648 g/mol. The summed E-state index contributed by atoms with van der Waals surface area (Å²) in [7, 11) is 0. The molecule has 2 aromatic carbocycles. The number of rotatable bonds is 8. The van der Waals surface area contributed by atoms with E-state index < -0.39 is 0 Å². The van der Waals surface area contributed by atoms with Crippen LogP contribution in [0.4, 0.5) is 4.39 Å². The van der Waals surface area contributed by atoms with Gasteiger partial charge in [0.1, 0.15) is 23.6 Å². The number of piperidine rings is 1. The molecule has 2 aliphatic rings. The molecule has 1 atom stereocenters. The molecule has 0 bridgehead atoms. The number of fused-ring (bicyclic) bond motifs is 1. The highest BCUT2D eigenvalue weighted by atomic mass is 127. The maximum Gasteiger partial charge on any atom is 0.216 e. The van der Waals surface area contributed by atoms with E-state index in [4.69, 9.17) is 26.1 Å². The van der Waals surface area contributed by atoms with Gasteiger partial charge < -0.3 is 14.0 Å². The molecule has 0 radical (unpaired) electrons. The molecule has 4 aromatic rings. The molecular weight excluding hydrogens is 620 g/mol. The van der Waals surface area contributed by atoms with Crippen LogP contribution in [-0.4, -0.2) is 56.3 Å². The van der Waals surface area contributed by atoms with Crippen molar-refractivity contribution in [1.29, 1.82) is 0 Å². The first kappa shape index (κ1) is 25.9. The van der Waals surface area contributed by atoms with E-state index in [2.05, 4.69) is 60.2 Å². The van der Waals surface area contributed by atoms with E-state index in [0.29, 0.717) is 22.3 Å². The Morgan fingerprint density at radius 1 is 1.08 bits per heavy atom. The first-order valence-electron chi connectivity index (χ1n) is 12.9. The van der Waals surface area contributed by atoms with E-state index in [-0.39, 0.29) is 24.4 Å². The minimum atomic E-state index is -0.358. The highest BCUT2D eigenvalue weighted by Crippen LogP contribution is 2.25. The van der Waals surface area contributed by atoms with Gasteiger partial charge in [-0.3, -0.25) is 4.90 Å². The predicted octanol–water partition coefficient (Wildman–Crippen LogP) is 5.65. The fourth-order valence-electron chi connectivity index (χ4n) is 5.03. The minimum Gasteiger partial charge on any atom is -0.474 e. The topological polar surface area (TPSA) is 65.3 Å². The van der Waals surface area contributed by atoms with Crippen LogP contribution in [0.5, 0.6) is 5.88 Å². The van der Waals surface area contributed by atoms with Gasteiger partial charge in [-0.05, 0) is 77.7 Å². The third-order valence-corrected chi connectivity index (χ3v) is 8.11. The zero-order valence-electron chi connectivity index (χ0n) is 20.8. The number of ether oxygens (including phenoxy) is 2. The third-order valence-electron chi connectivity index (χ3n) is 7.20. The van der Waals surface area contributed by atoms with Gasteiger partial charge in [-0.1, -0.05) is 17.7 Å². The molecule has 2 saturated heterocycles. The summed E-state index contributed by atoms with van der Waals surface area (Å²) in [6.07, 6.45) is 5.20. The Labute approximate surface area is 239 Å². The van der Waals surface area contributed by atoms with Crippen molar-refractivity contribution in [3.05, 3.63) is 80.3 Å². The molecular formula is C28H28ClFIN5O2. The Morgan fingerprint density at radius 3 is 2.68 bits per heavy atom. The molecule has 10 heteroatoms. The molecule has 38 heavy (non-hydrogen) atoms. The molecule has 0 amide bonds. The Morgan fingerprint density at radius 2 is 1.92 bits per heavy atom. The molecule has 0 unspecified atom stereocenters. The number of hydrogen-bond donors (Lipinski definition) is 0. The summed E-state index contributed by atoms with van der Waals surface area (Å²) >= 11 is 8.20. The molecule has 2 fully saturated rings. The highest BCUT2D eigenvalue weighted by Gasteiger charge is 2.25.